The van der Waals surface area contributed by atoms with Crippen LogP contribution in [0.25, 0.3) is 0 Å². The van der Waals surface area contributed by atoms with E-state index in [9.17, 15) is 9.59 Å². The third kappa shape index (κ3) is 12.5. The fourth-order valence-electron chi connectivity index (χ4n) is 2.53. The molecule has 0 atom stereocenters. The van der Waals surface area contributed by atoms with Crippen LogP contribution in [0.4, 0.5) is 0 Å². The highest BCUT2D eigenvalue weighted by Gasteiger charge is 2.25. The Morgan fingerprint density at radius 1 is 0.833 bits per heavy atom. The van der Waals surface area contributed by atoms with Crippen molar-refractivity contribution in [1.82, 2.24) is 0 Å². The molecule has 4 heteroatoms. The van der Waals surface area contributed by atoms with Gasteiger partial charge in [0.1, 0.15) is 6.29 Å². The van der Waals surface area contributed by atoms with Gasteiger partial charge in [0.15, 0.2) is 0 Å². The summed E-state index contributed by atoms with van der Waals surface area (Å²) in [7, 11) is 0. The monoisotopic (exact) mass is 342 g/mol. The van der Waals surface area contributed by atoms with Crippen LogP contribution in [0.5, 0.6) is 0 Å². The Morgan fingerprint density at radius 2 is 1.29 bits per heavy atom. The first kappa shape index (κ1) is 23.1. The third-order valence-corrected chi connectivity index (χ3v) is 4.60. The van der Waals surface area contributed by atoms with Gasteiger partial charge in [0.2, 0.25) is 0 Å². The lowest BCUT2D eigenvalue weighted by atomic mass is 9.87. The molecule has 0 saturated heterocycles. The summed E-state index contributed by atoms with van der Waals surface area (Å²) in [6, 6.07) is 0. The zero-order valence-corrected chi connectivity index (χ0v) is 16.2. The van der Waals surface area contributed by atoms with Crippen LogP contribution < -0.4 is 0 Å². The summed E-state index contributed by atoms with van der Waals surface area (Å²) in [4.78, 5) is 21.8. The van der Waals surface area contributed by atoms with Crippen LogP contribution in [0.15, 0.2) is 0 Å². The van der Waals surface area contributed by atoms with E-state index in [1.165, 1.54) is 19.3 Å². The number of carboxylic acids is 1. The molecule has 1 N–H and O–H groups in total. The van der Waals surface area contributed by atoms with Crippen molar-refractivity contribution in [2.24, 2.45) is 10.8 Å². The number of unbranched alkanes of at least 4 members (excludes halogenated alkanes) is 6. The standard InChI is InChI=1S/C20H38O4/c1-19(2,17-21)13-10-12-16-24-15-11-8-6-5-7-9-14-20(3,4)18(22)23/h17H,5-16H2,1-4H3,(H,22,23). The van der Waals surface area contributed by atoms with Crippen molar-refractivity contribution < 1.29 is 19.4 Å². The van der Waals surface area contributed by atoms with E-state index in [2.05, 4.69) is 0 Å². The smallest absolute Gasteiger partial charge is 0.309 e. The summed E-state index contributed by atoms with van der Waals surface area (Å²) in [6.45, 7) is 9.16. The van der Waals surface area contributed by atoms with Gasteiger partial charge in [0.25, 0.3) is 0 Å². The number of carboxylic acid groups (broad SMARTS) is 1. The lowest BCUT2D eigenvalue weighted by Gasteiger charge is -2.18. The molecule has 0 amide bonds. The molecule has 0 fully saturated rings. The molecular formula is C20H38O4. The minimum Gasteiger partial charge on any atom is -0.481 e. The van der Waals surface area contributed by atoms with Gasteiger partial charge in [-0.1, -0.05) is 52.4 Å². The van der Waals surface area contributed by atoms with Crippen LogP contribution in [-0.2, 0) is 14.3 Å². The quantitative estimate of drug-likeness (QED) is 0.308. The predicted molar refractivity (Wildman–Crippen MR) is 98.3 cm³/mol. The largest absolute Gasteiger partial charge is 0.481 e. The molecule has 0 aromatic heterocycles. The Labute approximate surface area is 148 Å². The first-order valence-electron chi connectivity index (χ1n) is 9.49. The highest BCUT2D eigenvalue weighted by molar-refractivity contribution is 5.73. The third-order valence-electron chi connectivity index (χ3n) is 4.60. The lowest BCUT2D eigenvalue weighted by Crippen LogP contribution is -2.23. The Balaban J connectivity index is 3.29. The van der Waals surface area contributed by atoms with Gasteiger partial charge in [-0.3, -0.25) is 4.79 Å². The van der Waals surface area contributed by atoms with Crippen LogP contribution in [0.2, 0.25) is 0 Å². The van der Waals surface area contributed by atoms with Crippen molar-refractivity contribution >= 4 is 12.3 Å². The van der Waals surface area contributed by atoms with Crippen LogP contribution in [-0.4, -0.2) is 30.6 Å². The summed E-state index contributed by atoms with van der Waals surface area (Å²) in [5.41, 5.74) is -0.783. The minimum atomic E-state index is -0.700. The molecule has 0 rings (SSSR count). The number of aliphatic carboxylic acids is 1. The number of carbonyl (C=O) groups is 2. The van der Waals surface area contributed by atoms with Gasteiger partial charge in [0, 0.05) is 18.6 Å². The Kier molecular flexibility index (Phi) is 12.0. The van der Waals surface area contributed by atoms with Gasteiger partial charge in [-0.2, -0.15) is 0 Å². The highest BCUT2D eigenvalue weighted by atomic mass is 16.5. The van der Waals surface area contributed by atoms with E-state index in [1.54, 1.807) is 13.8 Å². The van der Waals surface area contributed by atoms with Crippen LogP contribution in [0, 0.1) is 10.8 Å². The molecule has 0 spiro atoms. The van der Waals surface area contributed by atoms with Crippen LogP contribution in [0.3, 0.4) is 0 Å². The van der Waals surface area contributed by atoms with E-state index >= 15 is 0 Å². The molecule has 0 saturated carbocycles. The van der Waals surface area contributed by atoms with Gasteiger partial charge in [-0.05, 0) is 39.5 Å². The number of rotatable bonds is 16. The van der Waals surface area contributed by atoms with Crippen molar-refractivity contribution in [3.63, 3.8) is 0 Å². The van der Waals surface area contributed by atoms with E-state index < -0.39 is 11.4 Å². The van der Waals surface area contributed by atoms with Crippen molar-refractivity contribution in [3.05, 3.63) is 0 Å². The predicted octanol–water partition coefficient (Wildman–Crippen LogP) is 5.24. The first-order valence-corrected chi connectivity index (χ1v) is 9.49. The number of hydrogen-bond donors (Lipinski definition) is 1. The van der Waals surface area contributed by atoms with Gasteiger partial charge in [-0.25, -0.2) is 0 Å². The fraction of sp³-hybridized carbons (Fsp3) is 0.900. The lowest BCUT2D eigenvalue weighted by molar-refractivity contribution is -0.147. The fourth-order valence-corrected chi connectivity index (χ4v) is 2.53. The minimum absolute atomic E-state index is 0.195. The van der Waals surface area contributed by atoms with Crippen molar-refractivity contribution in [3.8, 4) is 0 Å². The zero-order chi connectivity index (χ0) is 18.5. The van der Waals surface area contributed by atoms with Crippen molar-refractivity contribution in [2.75, 3.05) is 13.2 Å². The summed E-state index contributed by atoms with van der Waals surface area (Å²) >= 11 is 0. The van der Waals surface area contributed by atoms with Gasteiger partial charge in [0.05, 0.1) is 5.41 Å². The number of ether oxygens (including phenoxy) is 1. The second-order valence-corrected chi connectivity index (χ2v) is 8.24. The van der Waals surface area contributed by atoms with Crippen LogP contribution >= 0.6 is 0 Å². The number of carbonyl (C=O) groups excluding carboxylic acids is 1. The van der Waals surface area contributed by atoms with Gasteiger partial charge < -0.3 is 14.6 Å². The van der Waals surface area contributed by atoms with Crippen LogP contribution in [0.1, 0.15) is 91.9 Å². The summed E-state index contributed by atoms with van der Waals surface area (Å²) in [6.07, 6.45) is 11.6. The van der Waals surface area contributed by atoms with E-state index in [1.807, 2.05) is 13.8 Å². The molecule has 142 valence electrons. The first-order chi connectivity index (χ1) is 11.2. The molecule has 0 bridgehead atoms. The Hall–Kier alpha value is -0.900. The molecule has 0 aliphatic carbocycles. The molecule has 0 aliphatic heterocycles. The average molecular weight is 343 g/mol. The number of aldehydes is 1. The highest BCUT2D eigenvalue weighted by Crippen LogP contribution is 2.24. The molecule has 0 radical (unpaired) electrons. The Morgan fingerprint density at radius 3 is 1.83 bits per heavy atom. The average Bonchev–Trinajstić information content (AvgIpc) is 2.51. The summed E-state index contributed by atoms with van der Waals surface area (Å²) < 4.78 is 5.63. The maximum Gasteiger partial charge on any atom is 0.309 e. The normalized spacial score (nSPS) is 12.3. The maximum absolute atomic E-state index is 11.0. The zero-order valence-electron chi connectivity index (χ0n) is 16.2. The van der Waals surface area contributed by atoms with Crippen molar-refractivity contribution in [2.45, 2.75) is 91.9 Å². The topological polar surface area (TPSA) is 63.6 Å². The van der Waals surface area contributed by atoms with E-state index in [0.29, 0.717) is 0 Å². The molecule has 0 aromatic rings. The van der Waals surface area contributed by atoms with E-state index in [-0.39, 0.29) is 5.41 Å². The molecular weight excluding hydrogens is 304 g/mol. The van der Waals surface area contributed by atoms with E-state index in [0.717, 1.165) is 64.4 Å². The molecule has 0 aliphatic rings. The molecule has 0 heterocycles. The molecule has 0 unspecified atom stereocenters. The van der Waals surface area contributed by atoms with Gasteiger partial charge >= 0.3 is 5.97 Å². The summed E-state index contributed by atoms with van der Waals surface area (Å²) in [5, 5.41) is 9.04. The number of hydrogen-bond acceptors (Lipinski definition) is 3. The maximum atomic E-state index is 11.0. The van der Waals surface area contributed by atoms with Gasteiger partial charge in [-0.15, -0.1) is 0 Å². The Bertz CT molecular complexity index is 348. The summed E-state index contributed by atoms with van der Waals surface area (Å²) in [5.74, 6) is -0.700. The molecule has 24 heavy (non-hydrogen) atoms. The molecule has 4 nitrogen and oxygen atoms in total. The second kappa shape index (κ2) is 12.5. The van der Waals surface area contributed by atoms with E-state index in [4.69, 9.17) is 9.84 Å². The SMILES string of the molecule is CC(C)(C=O)CCCCOCCCCCCCCC(C)(C)C(=O)O. The molecule has 0 aromatic carbocycles. The van der Waals surface area contributed by atoms with Crippen molar-refractivity contribution in [1.29, 1.82) is 0 Å². The second-order valence-electron chi connectivity index (χ2n) is 8.24.